The summed E-state index contributed by atoms with van der Waals surface area (Å²) in [6.07, 6.45) is 8.84. The van der Waals surface area contributed by atoms with Gasteiger partial charge in [0.1, 0.15) is 0 Å². The summed E-state index contributed by atoms with van der Waals surface area (Å²) in [5.41, 5.74) is 0. The number of carboxylic acids is 1. The lowest BCUT2D eigenvalue weighted by atomic mass is 9.95. The largest absolute Gasteiger partial charge is 0.481 e. The predicted molar refractivity (Wildman–Crippen MR) is 65.5 cm³/mol. The fraction of sp³-hybridized carbons (Fsp3) is 0.538. The average Bonchev–Trinajstić information content (AvgIpc) is 2.28. The molecule has 1 aliphatic heterocycles. The molecule has 17 heavy (non-hydrogen) atoms. The number of hydrogen-bond donors (Lipinski definition) is 1. The molecule has 1 atom stereocenters. The molecule has 0 bridgehead atoms. The third-order valence-electron chi connectivity index (χ3n) is 2.84. The van der Waals surface area contributed by atoms with Crippen LogP contribution in [0.1, 0.15) is 26.2 Å². The highest BCUT2D eigenvalue weighted by Gasteiger charge is 2.23. The zero-order valence-electron chi connectivity index (χ0n) is 10.1. The Kier molecular flexibility index (Phi) is 5.46. The molecule has 1 rings (SSSR count). The first kappa shape index (κ1) is 13.5. The molecule has 0 aromatic heterocycles. The van der Waals surface area contributed by atoms with Crippen LogP contribution in [0, 0.1) is 5.92 Å². The Morgan fingerprint density at radius 2 is 2.18 bits per heavy atom. The monoisotopic (exact) mass is 237 g/mol. The Labute approximate surface area is 102 Å². The van der Waals surface area contributed by atoms with Crippen LogP contribution < -0.4 is 0 Å². The Hall–Kier alpha value is -1.58. The van der Waals surface area contributed by atoms with E-state index >= 15 is 0 Å². The number of aliphatic carboxylic acids is 1. The smallest absolute Gasteiger partial charge is 0.303 e. The molecule has 0 saturated carbocycles. The van der Waals surface area contributed by atoms with E-state index in [1.54, 1.807) is 17.1 Å². The van der Waals surface area contributed by atoms with Crippen molar-refractivity contribution in [2.75, 3.05) is 13.1 Å². The van der Waals surface area contributed by atoms with Gasteiger partial charge in [-0.15, -0.1) is 0 Å². The quantitative estimate of drug-likeness (QED) is 0.599. The maximum absolute atomic E-state index is 11.8. The minimum Gasteiger partial charge on any atom is -0.481 e. The molecule has 4 heteroatoms. The zero-order chi connectivity index (χ0) is 12.7. The number of rotatable bonds is 4. The van der Waals surface area contributed by atoms with E-state index in [1.807, 2.05) is 13.0 Å². The summed E-state index contributed by atoms with van der Waals surface area (Å²) in [6.45, 7) is 3.18. The van der Waals surface area contributed by atoms with Gasteiger partial charge >= 0.3 is 5.97 Å². The van der Waals surface area contributed by atoms with Crippen molar-refractivity contribution in [1.29, 1.82) is 0 Å². The van der Waals surface area contributed by atoms with E-state index in [9.17, 15) is 9.59 Å². The highest BCUT2D eigenvalue weighted by atomic mass is 16.4. The highest BCUT2D eigenvalue weighted by Crippen LogP contribution is 2.19. The molecule has 0 aromatic carbocycles. The minimum atomic E-state index is -0.784. The number of amides is 1. The van der Waals surface area contributed by atoms with Gasteiger partial charge in [-0.05, 0) is 25.7 Å². The van der Waals surface area contributed by atoms with Crippen LogP contribution in [0.3, 0.4) is 0 Å². The number of carboxylic acid groups (broad SMARTS) is 1. The van der Waals surface area contributed by atoms with Gasteiger partial charge in [0.2, 0.25) is 5.91 Å². The van der Waals surface area contributed by atoms with Crippen molar-refractivity contribution in [3.05, 3.63) is 24.3 Å². The van der Waals surface area contributed by atoms with Crippen molar-refractivity contribution >= 4 is 11.9 Å². The lowest BCUT2D eigenvalue weighted by Gasteiger charge is -2.31. The predicted octanol–water partition coefficient (Wildman–Crippen LogP) is 1.83. The van der Waals surface area contributed by atoms with Gasteiger partial charge in [-0.25, -0.2) is 0 Å². The number of allylic oxidation sites excluding steroid dienone is 3. The van der Waals surface area contributed by atoms with Gasteiger partial charge in [0.15, 0.2) is 0 Å². The Morgan fingerprint density at radius 1 is 1.41 bits per heavy atom. The summed E-state index contributed by atoms with van der Waals surface area (Å²) < 4.78 is 0. The zero-order valence-corrected chi connectivity index (χ0v) is 10.1. The summed E-state index contributed by atoms with van der Waals surface area (Å²) >= 11 is 0. The lowest BCUT2D eigenvalue weighted by Crippen LogP contribution is -2.39. The molecule has 0 aliphatic carbocycles. The van der Waals surface area contributed by atoms with Crippen LogP contribution in [-0.4, -0.2) is 35.0 Å². The van der Waals surface area contributed by atoms with Crippen molar-refractivity contribution in [3.63, 3.8) is 0 Å². The fourth-order valence-electron chi connectivity index (χ4n) is 2.03. The summed E-state index contributed by atoms with van der Waals surface area (Å²) in [4.78, 5) is 24.1. The Morgan fingerprint density at radius 3 is 2.82 bits per heavy atom. The van der Waals surface area contributed by atoms with Gasteiger partial charge < -0.3 is 10.0 Å². The summed E-state index contributed by atoms with van der Waals surface area (Å²) in [7, 11) is 0. The van der Waals surface area contributed by atoms with Crippen LogP contribution in [-0.2, 0) is 9.59 Å². The molecule has 1 aliphatic rings. The van der Waals surface area contributed by atoms with Gasteiger partial charge in [-0.2, -0.15) is 0 Å². The molecule has 0 radical (unpaired) electrons. The second-order valence-corrected chi connectivity index (χ2v) is 4.28. The van der Waals surface area contributed by atoms with Gasteiger partial charge in [-0.1, -0.05) is 18.2 Å². The normalized spacial score (nSPS) is 21.2. The van der Waals surface area contributed by atoms with E-state index in [4.69, 9.17) is 5.11 Å². The highest BCUT2D eigenvalue weighted by molar-refractivity contribution is 5.88. The van der Waals surface area contributed by atoms with Crippen LogP contribution >= 0.6 is 0 Å². The van der Waals surface area contributed by atoms with Gasteiger partial charge in [0.25, 0.3) is 0 Å². The maximum Gasteiger partial charge on any atom is 0.303 e. The van der Waals surface area contributed by atoms with E-state index in [0.29, 0.717) is 6.54 Å². The molecule has 1 fully saturated rings. The molecule has 1 unspecified atom stereocenters. The van der Waals surface area contributed by atoms with E-state index < -0.39 is 5.97 Å². The van der Waals surface area contributed by atoms with Crippen LogP contribution in [0.15, 0.2) is 24.3 Å². The van der Waals surface area contributed by atoms with Crippen LogP contribution in [0.2, 0.25) is 0 Å². The number of hydrogen-bond acceptors (Lipinski definition) is 2. The third kappa shape index (κ3) is 4.85. The number of nitrogens with zero attached hydrogens (tertiary/aromatic N) is 1. The molecule has 94 valence electrons. The molecule has 0 spiro atoms. The first-order valence-electron chi connectivity index (χ1n) is 5.93. The molecule has 4 nitrogen and oxygen atoms in total. The topological polar surface area (TPSA) is 57.6 Å². The maximum atomic E-state index is 11.8. The summed E-state index contributed by atoms with van der Waals surface area (Å²) in [5.74, 6) is -0.715. The number of likely N-dealkylation sites (tertiary alicyclic amines) is 1. The Balaban J connectivity index is 2.48. The third-order valence-corrected chi connectivity index (χ3v) is 2.84. The average molecular weight is 237 g/mol. The van der Waals surface area contributed by atoms with Crippen molar-refractivity contribution < 1.29 is 14.7 Å². The van der Waals surface area contributed by atoms with Gasteiger partial charge in [0.05, 0.1) is 0 Å². The SMILES string of the molecule is CC=CC=CC(=O)N1CCCC(CC(=O)O)C1. The van der Waals surface area contributed by atoms with Crippen LogP contribution in [0.4, 0.5) is 0 Å². The van der Waals surface area contributed by atoms with Gasteiger partial charge in [-0.3, -0.25) is 9.59 Å². The molecule has 1 heterocycles. The lowest BCUT2D eigenvalue weighted by molar-refractivity contribution is -0.139. The molecule has 1 saturated heterocycles. The van der Waals surface area contributed by atoms with E-state index in [1.165, 1.54) is 6.08 Å². The number of piperidine rings is 1. The Bertz CT molecular complexity index is 334. The molecule has 1 N–H and O–H groups in total. The minimum absolute atomic E-state index is 0.0295. The van der Waals surface area contributed by atoms with Crippen molar-refractivity contribution in [1.82, 2.24) is 4.90 Å². The van der Waals surface area contributed by atoms with Crippen LogP contribution in [0.5, 0.6) is 0 Å². The number of carbonyl (C=O) groups excluding carboxylic acids is 1. The summed E-state index contributed by atoms with van der Waals surface area (Å²) in [6, 6.07) is 0. The summed E-state index contributed by atoms with van der Waals surface area (Å²) in [5, 5.41) is 8.74. The van der Waals surface area contributed by atoms with E-state index in [0.717, 1.165) is 19.4 Å². The van der Waals surface area contributed by atoms with E-state index in [-0.39, 0.29) is 18.2 Å². The second-order valence-electron chi connectivity index (χ2n) is 4.28. The molecular weight excluding hydrogens is 218 g/mol. The molecule has 1 amide bonds. The standard InChI is InChI=1S/C13H19NO3/c1-2-3-4-7-12(15)14-8-5-6-11(10-14)9-13(16)17/h2-4,7,11H,5-6,8-10H2,1H3,(H,16,17). The second kappa shape index (κ2) is 6.89. The molecular formula is C13H19NO3. The fourth-order valence-corrected chi connectivity index (χ4v) is 2.03. The number of carbonyl (C=O) groups is 2. The first-order chi connectivity index (χ1) is 8.13. The molecule has 0 aromatic rings. The van der Waals surface area contributed by atoms with Crippen molar-refractivity contribution in [2.45, 2.75) is 26.2 Å². The first-order valence-corrected chi connectivity index (χ1v) is 5.93. The van der Waals surface area contributed by atoms with Crippen molar-refractivity contribution in [2.24, 2.45) is 5.92 Å². The van der Waals surface area contributed by atoms with Crippen LogP contribution in [0.25, 0.3) is 0 Å². The van der Waals surface area contributed by atoms with E-state index in [2.05, 4.69) is 0 Å². The van der Waals surface area contributed by atoms with Gasteiger partial charge in [0, 0.05) is 25.6 Å². The van der Waals surface area contributed by atoms with Crippen molar-refractivity contribution in [3.8, 4) is 0 Å².